The number of imidazole rings is 1. The molecule has 1 unspecified atom stereocenters. The van der Waals surface area contributed by atoms with Crippen molar-refractivity contribution in [2.75, 3.05) is 0 Å². The van der Waals surface area contributed by atoms with Crippen LogP contribution in [0.1, 0.15) is 38.8 Å². The highest BCUT2D eigenvalue weighted by molar-refractivity contribution is 4.97. The van der Waals surface area contributed by atoms with Crippen LogP contribution in [-0.4, -0.2) is 15.6 Å². The second-order valence-corrected chi connectivity index (χ2v) is 3.77. The van der Waals surface area contributed by atoms with E-state index in [1.54, 1.807) is 0 Å². The van der Waals surface area contributed by atoms with E-state index < -0.39 is 0 Å². The largest absolute Gasteiger partial charge is 0.337 e. The molecule has 0 aromatic carbocycles. The van der Waals surface area contributed by atoms with Crippen molar-refractivity contribution in [2.45, 2.75) is 45.7 Å². The number of hydrogen-bond acceptors (Lipinski definition) is 2. The fourth-order valence-electron chi connectivity index (χ4n) is 1.60. The zero-order valence-electron chi connectivity index (χ0n) is 9.45. The molecule has 1 rings (SSSR count). The normalized spacial score (nSPS) is 13.1. The summed E-state index contributed by atoms with van der Waals surface area (Å²) in [7, 11) is 2.03. The third kappa shape index (κ3) is 3.14. The molecule has 0 aliphatic carbocycles. The molecule has 0 aliphatic heterocycles. The van der Waals surface area contributed by atoms with E-state index in [9.17, 15) is 0 Å². The van der Waals surface area contributed by atoms with Gasteiger partial charge in [-0.2, -0.15) is 0 Å². The van der Waals surface area contributed by atoms with Crippen molar-refractivity contribution in [3.63, 3.8) is 0 Å². The smallest absolute Gasteiger partial charge is 0.0945 e. The van der Waals surface area contributed by atoms with Gasteiger partial charge in [-0.05, 0) is 12.8 Å². The zero-order chi connectivity index (χ0) is 10.4. The third-order valence-electron chi connectivity index (χ3n) is 2.62. The molecule has 3 nitrogen and oxygen atoms in total. The van der Waals surface area contributed by atoms with E-state index in [2.05, 4.69) is 28.7 Å². The third-order valence-corrected chi connectivity index (χ3v) is 2.62. The molecule has 0 fully saturated rings. The number of rotatable bonds is 6. The highest BCUT2D eigenvalue weighted by Crippen LogP contribution is 2.03. The number of hydrogen-bond donors (Lipinski definition) is 1. The Bertz CT molecular complexity index is 255. The van der Waals surface area contributed by atoms with Gasteiger partial charge in [0.25, 0.3) is 0 Å². The van der Waals surface area contributed by atoms with Gasteiger partial charge in [0.2, 0.25) is 0 Å². The number of aromatic nitrogens is 2. The molecule has 0 saturated carbocycles. The van der Waals surface area contributed by atoms with E-state index in [4.69, 9.17) is 0 Å². The van der Waals surface area contributed by atoms with E-state index in [1.807, 2.05) is 19.6 Å². The minimum Gasteiger partial charge on any atom is -0.337 e. The van der Waals surface area contributed by atoms with Gasteiger partial charge in [0.1, 0.15) is 0 Å². The predicted octanol–water partition coefficient (Wildman–Crippen LogP) is 2.09. The second kappa shape index (κ2) is 5.81. The van der Waals surface area contributed by atoms with Crippen molar-refractivity contribution in [2.24, 2.45) is 7.05 Å². The molecule has 0 spiro atoms. The summed E-state index contributed by atoms with van der Waals surface area (Å²) < 4.78 is 2.06. The molecule has 1 heterocycles. The summed E-state index contributed by atoms with van der Waals surface area (Å²) in [6.07, 6.45) is 7.47. The SMILES string of the molecule is CCCC(CC)NCc1cncn1C. The van der Waals surface area contributed by atoms with Gasteiger partial charge < -0.3 is 9.88 Å². The Morgan fingerprint density at radius 1 is 1.50 bits per heavy atom. The van der Waals surface area contributed by atoms with Crippen LogP contribution in [0.25, 0.3) is 0 Å². The molecule has 1 N–H and O–H groups in total. The lowest BCUT2D eigenvalue weighted by atomic mass is 10.1. The van der Waals surface area contributed by atoms with Gasteiger partial charge in [-0.25, -0.2) is 4.98 Å². The van der Waals surface area contributed by atoms with E-state index in [1.165, 1.54) is 25.0 Å². The van der Waals surface area contributed by atoms with Gasteiger partial charge in [-0.1, -0.05) is 20.3 Å². The minimum absolute atomic E-state index is 0.648. The molecule has 0 bridgehead atoms. The average molecular weight is 195 g/mol. The Balaban J connectivity index is 2.35. The lowest BCUT2D eigenvalue weighted by Crippen LogP contribution is -2.28. The second-order valence-electron chi connectivity index (χ2n) is 3.77. The van der Waals surface area contributed by atoms with Crippen molar-refractivity contribution < 1.29 is 0 Å². The highest BCUT2D eigenvalue weighted by Gasteiger charge is 2.05. The Morgan fingerprint density at radius 2 is 2.29 bits per heavy atom. The van der Waals surface area contributed by atoms with E-state index >= 15 is 0 Å². The summed E-state index contributed by atoms with van der Waals surface area (Å²) in [6, 6.07) is 0.648. The first-order valence-electron chi connectivity index (χ1n) is 5.46. The topological polar surface area (TPSA) is 29.9 Å². The summed E-state index contributed by atoms with van der Waals surface area (Å²) >= 11 is 0. The van der Waals surface area contributed by atoms with Crippen molar-refractivity contribution in [3.05, 3.63) is 18.2 Å². The molecule has 14 heavy (non-hydrogen) atoms. The predicted molar refractivity (Wildman–Crippen MR) is 59.0 cm³/mol. The molecule has 1 aromatic heterocycles. The molecule has 0 radical (unpaired) electrons. The number of nitrogens with one attached hydrogen (secondary N) is 1. The summed E-state index contributed by atoms with van der Waals surface area (Å²) in [4.78, 5) is 4.09. The Morgan fingerprint density at radius 3 is 2.79 bits per heavy atom. The van der Waals surface area contributed by atoms with Crippen LogP contribution in [0.2, 0.25) is 0 Å². The van der Waals surface area contributed by atoms with Crippen LogP contribution >= 0.6 is 0 Å². The van der Waals surface area contributed by atoms with Crippen LogP contribution in [0.4, 0.5) is 0 Å². The van der Waals surface area contributed by atoms with Crippen molar-refractivity contribution >= 4 is 0 Å². The van der Waals surface area contributed by atoms with Gasteiger partial charge in [0.15, 0.2) is 0 Å². The lowest BCUT2D eigenvalue weighted by Gasteiger charge is -2.15. The quantitative estimate of drug-likeness (QED) is 0.753. The zero-order valence-corrected chi connectivity index (χ0v) is 9.45. The lowest BCUT2D eigenvalue weighted by molar-refractivity contribution is 0.456. The first kappa shape index (κ1) is 11.2. The molecule has 1 atom stereocenters. The summed E-state index contributed by atoms with van der Waals surface area (Å²) in [5, 5.41) is 3.55. The Kier molecular flexibility index (Phi) is 4.66. The van der Waals surface area contributed by atoms with Crippen LogP contribution in [0.3, 0.4) is 0 Å². The first-order valence-corrected chi connectivity index (χ1v) is 5.46. The molecule has 0 aliphatic rings. The van der Waals surface area contributed by atoms with Gasteiger partial charge in [-0.15, -0.1) is 0 Å². The summed E-state index contributed by atoms with van der Waals surface area (Å²) in [6.45, 7) is 5.39. The molecule has 0 amide bonds. The number of aryl methyl sites for hydroxylation is 1. The van der Waals surface area contributed by atoms with Gasteiger partial charge in [0.05, 0.1) is 12.0 Å². The number of nitrogens with zero attached hydrogens (tertiary/aromatic N) is 2. The maximum absolute atomic E-state index is 4.09. The average Bonchev–Trinajstić information content (AvgIpc) is 2.59. The molecule has 0 saturated heterocycles. The van der Waals surface area contributed by atoms with Crippen molar-refractivity contribution in [3.8, 4) is 0 Å². The Hall–Kier alpha value is -0.830. The fraction of sp³-hybridized carbons (Fsp3) is 0.727. The monoisotopic (exact) mass is 195 g/mol. The van der Waals surface area contributed by atoms with Crippen LogP contribution in [0, 0.1) is 0 Å². The first-order chi connectivity index (χ1) is 6.77. The van der Waals surface area contributed by atoms with Crippen LogP contribution < -0.4 is 5.32 Å². The summed E-state index contributed by atoms with van der Waals surface area (Å²) in [5.41, 5.74) is 1.25. The fourth-order valence-corrected chi connectivity index (χ4v) is 1.60. The van der Waals surface area contributed by atoms with Crippen LogP contribution in [0.15, 0.2) is 12.5 Å². The molecular weight excluding hydrogens is 174 g/mol. The molecule has 80 valence electrons. The van der Waals surface area contributed by atoms with E-state index in [-0.39, 0.29) is 0 Å². The molecule has 3 heteroatoms. The highest BCUT2D eigenvalue weighted by atomic mass is 15.0. The van der Waals surface area contributed by atoms with Crippen molar-refractivity contribution in [1.29, 1.82) is 0 Å². The van der Waals surface area contributed by atoms with Gasteiger partial charge in [-0.3, -0.25) is 0 Å². The van der Waals surface area contributed by atoms with Crippen molar-refractivity contribution in [1.82, 2.24) is 14.9 Å². The Labute approximate surface area is 86.5 Å². The maximum Gasteiger partial charge on any atom is 0.0945 e. The molecule has 1 aromatic rings. The van der Waals surface area contributed by atoms with E-state index in [0.717, 1.165) is 6.54 Å². The molecular formula is C11H21N3. The van der Waals surface area contributed by atoms with Gasteiger partial charge >= 0.3 is 0 Å². The standard InChI is InChI=1S/C11H21N3/c1-4-6-10(5-2)13-8-11-7-12-9-14(11)3/h7,9-10,13H,4-6,8H2,1-3H3. The maximum atomic E-state index is 4.09. The van der Waals surface area contributed by atoms with Crippen LogP contribution in [0.5, 0.6) is 0 Å². The van der Waals surface area contributed by atoms with E-state index in [0.29, 0.717) is 6.04 Å². The van der Waals surface area contributed by atoms with Crippen LogP contribution in [-0.2, 0) is 13.6 Å². The summed E-state index contributed by atoms with van der Waals surface area (Å²) in [5.74, 6) is 0. The minimum atomic E-state index is 0.648. The van der Waals surface area contributed by atoms with Gasteiger partial charge in [0, 0.05) is 25.8 Å².